The molecule has 0 saturated carbocycles. The Morgan fingerprint density at radius 3 is 2.67 bits per heavy atom. The van der Waals surface area contributed by atoms with E-state index in [0.717, 1.165) is 5.56 Å². The van der Waals surface area contributed by atoms with Crippen molar-refractivity contribution in [1.29, 1.82) is 0 Å². The van der Waals surface area contributed by atoms with Crippen LogP contribution in [0.4, 0.5) is 0 Å². The Kier molecular flexibility index (Phi) is 2.86. The Labute approximate surface area is 70.8 Å². The lowest BCUT2D eigenvalue weighted by Gasteiger charge is -1.78. The van der Waals surface area contributed by atoms with E-state index in [-0.39, 0.29) is 5.91 Å². The average Bonchev–Trinajstić information content (AvgIpc) is 2.05. The zero-order chi connectivity index (χ0) is 8.81. The summed E-state index contributed by atoms with van der Waals surface area (Å²) in [6.45, 7) is 1.40. The van der Waals surface area contributed by atoms with E-state index >= 15 is 0 Å². The first kappa shape index (κ1) is 8.28. The maximum Gasteiger partial charge on any atom is 0.357 e. The van der Waals surface area contributed by atoms with Gasteiger partial charge in [-0.15, -0.1) is 0 Å². The lowest BCUT2D eigenvalue weighted by Crippen LogP contribution is -2.08. The summed E-state index contributed by atoms with van der Waals surface area (Å²) in [5, 5.41) is 0. The minimum absolute atomic E-state index is 0.196. The van der Waals surface area contributed by atoms with Gasteiger partial charge in [-0.25, -0.2) is 0 Å². The van der Waals surface area contributed by atoms with E-state index in [1.54, 1.807) is 0 Å². The van der Waals surface area contributed by atoms with Crippen molar-refractivity contribution < 1.29 is 4.79 Å². The van der Waals surface area contributed by atoms with E-state index < -0.39 is 0 Å². The molecule has 1 N–H and O–H groups in total. The highest BCUT2D eigenvalue weighted by Crippen LogP contribution is 1.94. The summed E-state index contributed by atoms with van der Waals surface area (Å²) in [5.74, 6) is -0.196. The summed E-state index contributed by atoms with van der Waals surface area (Å²) >= 11 is 0. The van der Waals surface area contributed by atoms with E-state index in [9.17, 15) is 4.79 Å². The molecule has 0 aliphatic rings. The Morgan fingerprint density at radius 1 is 1.42 bits per heavy atom. The van der Waals surface area contributed by atoms with Gasteiger partial charge >= 0.3 is 6.07 Å². The first-order valence-electron chi connectivity index (χ1n) is 3.56. The third kappa shape index (κ3) is 2.84. The van der Waals surface area contributed by atoms with Crippen LogP contribution in [0.2, 0.25) is 0 Å². The van der Waals surface area contributed by atoms with Gasteiger partial charge in [0.15, 0.2) is 0 Å². The zero-order valence-corrected chi connectivity index (χ0v) is 6.74. The van der Waals surface area contributed by atoms with Crippen LogP contribution >= 0.6 is 0 Å². The molecule has 12 heavy (non-hydrogen) atoms. The maximum atomic E-state index is 10.4. The molecule has 0 spiro atoms. The van der Waals surface area contributed by atoms with Crippen LogP contribution in [0.15, 0.2) is 30.3 Å². The molecule has 0 fully saturated rings. The lowest BCUT2D eigenvalue weighted by atomic mass is 10.2. The normalized spacial score (nSPS) is 8.08. The van der Waals surface area contributed by atoms with Crippen LogP contribution in [0.3, 0.4) is 0 Å². The predicted molar refractivity (Wildman–Crippen MR) is 46.6 cm³/mol. The largest absolute Gasteiger partial charge is 0.357 e. The number of rotatable bonds is 0. The van der Waals surface area contributed by atoms with Gasteiger partial charge in [-0.2, -0.15) is 0 Å². The monoisotopic (exact) mass is 161 g/mol. The number of nitrogens with one attached hydrogen (secondary N) is 1. The van der Waals surface area contributed by atoms with Crippen LogP contribution in [0.5, 0.6) is 0 Å². The third-order valence-corrected chi connectivity index (χ3v) is 1.17. The number of nitrogens with zero attached hydrogens (tertiary/aromatic N) is 1. The summed E-state index contributed by atoms with van der Waals surface area (Å²) in [7, 11) is 0. The van der Waals surface area contributed by atoms with Crippen LogP contribution in [-0.4, -0.2) is 5.91 Å². The summed E-state index contributed by atoms with van der Waals surface area (Å²) in [5.41, 5.74) is 3.11. The molecule has 0 unspecified atom stereocenters. The van der Waals surface area contributed by atoms with Gasteiger partial charge in [0.25, 0.3) is 5.91 Å². The van der Waals surface area contributed by atoms with Crippen molar-refractivity contribution >= 4 is 5.91 Å². The number of hydrogen-bond donors (Lipinski definition) is 1. The molecule has 3 nitrogen and oxygen atoms in total. The van der Waals surface area contributed by atoms with E-state index in [0.29, 0.717) is 0 Å². The molecule has 0 radical (unpaired) electrons. The van der Waals surface area contributed by atoms with Crippen LogP contribution in [0.25, 0.3) is 4.95 Å². The molecule has 0 aliphatic carbocycles. The van der Waals surface area contributed by atoms with Crippen LogP contribution in [0, 0.1) is 6.07 Å². The maximum absolute atomic E-state index is 10.4. The minimum atomic E-state index is -0.196. The van der Waals surface area contributed by atoms with Crippen molar-refractivity contribution in [3.05, 3.63) is 40.8 Å². The number of amides is 1. The second-order valence-corrected chi connectivity index (χ2v) is 2.26. The van der Waals surface area contributed by atoms with Gasteiger partial charge < -0.3 is 0 Å². The Balaban J connectivity index is 2.61. The molecule has 0 saturated heterocycles. The predicted octanol–water partition coefficient (Wildman–Crippen LogP) is 1.42. The van der Waals surface area contributed by atoms with Gasteiger partial charge in [0.2, 0.25) is 0 Å². The number of carbonyl (C=O) groups excluding carboxylic acids is 1. The molecule has 0 atom stereocenters. The van der Waals surface area contributed by atoms with Crippen molar-refractivity contribution in [3.8, 4) is 6.07 Å². The second kappa shape index (κ2) is 4.14. The highest BCUT2D eigenvalue weighted by Gasteiger charge is 1.95. The Bertz CT molecular complexity index is 321. The Hall–Kier alpha value is -1.82. The summed E-state index contributed by atoms with van der Waals surface area (Å²) in [4.78, 5) is 14.0. The van der Waals surface area contributed by atoms with Gasteiger partial charge in [-0.1, -0.05) is 18.2 Å². The minimum Gasteiger partial charge on any atom is -0.268 e. The highest BCUT2D eigenvalue weighted by atomic mass is 16.2. The summed E-state index contributed by atoms with van der Waals surface area (Å²) in [6, 6.07) is 12.0. The molecule has 1 rings (SSSR count). The molecular formula is C9H9N2O+. The topological polar surface area (TPSA) is 33.5 Å². The van der Waals surface area contributed by atoms with Gasteiger partial charge in [0.1, 0.15) is 5.56 Å². The van der Waals surface area contributed by atoms with Crippen molar-refractivity contribution in [2.75, 3.05) is 0 Å². The van der Waals surface area contributed by atoms with Gasteiger partial charge in [-0.3, -0.25) is 4.79 Å². The number of carbonyl (C=O) groups is 1. The number of hydrogen-bond acceptors (Lipinski definition) is 1. The van der Waals surface area contributed by atoms with E-state index in [1.165, 1.54) is 6.92 Å². The first-order chi connectivity index (χ1) is 5.79. The van der Waals surface area contributed by atoms with Crippen molar-refractivity contribution in [3.63, 3.8) is 0 Å². The van der Waals surface area contributed by atoms with Crippen LogP contribution < -0.4 is 5.43 Å². The summed E-state index contributed by atoms with van der Waals surface area (Å²) < 4.78 is 0. The summed E-state index contributed by atoms with van der Waals surface area (Å²) in [6.07, 6.45) is 0. The van der Waals surface area contributed by atoms with Crippen LogP contribution in [0.1, 0.15) is 12.5 Å². The molecule has 0 aromatic heterocycles. The van der Waals surface area contributed by atoms with Crippen molar-refractivity contribution in [2.45, 2.75) is 6.92 Å². The SMILES string of the molecule is CC(=O)N[N+]#Cc1ccccc1. The van der Waals surface area contributed by atoms with Gasteiger partial charge in [0, 0.05) is 6.92 Å². The molecule has 0 bridgehead atoms. The zero-order valence-electron chi connectivity index (χ0n) is 6.74. The molecule has 0 aliphatic heterocycles. The Morgan fingerprint density at radius 2 is 2.08 bits per heavy atom. The van der Waals surface area contributed by atoms with Gasteiger partial charge in [-0.05, 0) is 17.6 Å². The third-order valence-electron chi connectivity index (χ3n) is 1.17. The molecule has 0 heterocycles. The van der Waals surface area contributed by atoms with Crippen molar-refractivity contribution in [1.82, 2.24) is 5.43 Å². The highest BCUT2D eigenvalue weighted by molar-refractivity contribution is 5.73. The van der Waals surface area contributed by atoms with E-state index in [4.69, 9.17) is 0 Å². The van der Waals surface area contributed by atoms with Gasteiger partial charge in [0.05, 0.1) is 4.95 Å². The first-order valence-corrected chi connectivity index (χ1v) is 3.56. The van der Waals surface area contributed by atoms with Crippen LogP contribution in [-0.2, 0) is 4.79 Å². The molecule has 3 heteroatoms. The average molecular weight is 161 g/mol. The fourth-order valence-electron chi connectivity index (χ4n) is 0.684. The molecule has 60 valence electrons. The molecular weight excluding hydrogens is 152 g/mol. The standard InChI is InChI=1S/C9H8N2O/c1-8(12)11-10-7-9-5-3-2-4-6-9/h2-6H,1H3/p+1. The fraction of sp³-hybridized carbons (Fsp3) is 0.111. The molecule has 1 aromatic rings. The quantitative estimate of drug-likeness (QED) is 0.573. The smallest absolute Gasteiger partial charge is 0.268 e. The molecule has 1 aromatic carbocycles. The fourth-order valence-corrected chi connectivity index (χ4v) is 0.684. The molecule has 1 amide bonds. The van der Waals surface area contributed by atoms with Crippen molar-refractivity contribution in [2.24, 2.45) is 0 Å². The lowest BCUT2D eigenvalue weighted by molar-refractivity contribution is -0.118. The van der Waals surface area contributed by atoms with E-state index in [2.05, 4.69) is 16.4 Å². The van der Waals surface area contributed by atoms with E-state index in [1.807, 2.05) is 30.3 Å². The second-order valence-electron chi connectivity index (χ2n) is 2.26. The number of benzene rings is 1.